The Morgan fingerprint density at radius 3 is 2.54 bits per heavy atom. The van der Waals surface area contributed by atoms with Crippen LogP contribution in [0.3, 0.4) is 0 Å². The molecule has 0 amide bonds. The van der Waals surface area contributed by atoms with Crippen molar-refractivity contribution in [3.8, 4) is 0 Å². The van der Waals surface area contributed by atoms with E-state index in [4.69, 9.17) is 0 Å². The average molecular weight is 194 g/mol. The van der Waals surface area contributed by atoms with Crippen molar-refractivity contribution in [2.75, 3.05) is 6.67 Å². The van der Waals surface area contributed by atoms with Gasteiger partial charge in [0.15, 0.2) is 0 Å². The van der Waals surface area contributed by atoms with Crippen LogP contribution in [0.4, 0.5) is 13.2 Å². The van der Waals surface area contributed by atoms with Crippen molar-refractivity contribution in [2.24, 2.45) is 5.92 Å². The molecule has 0 bridgehead atoms. The van der Waals surface area contributed by atoms with Gasteiger partial charge in [-0.3, -0.25) is 5.32 Å². The Kier molecular flexibility index (Phi) is 2.23. The van der Waals surface area contributed by atoms with Gasteiger partial charge in [-0.1, -0.05) is 6.42 Å². The highest BCUT2D eigenvalue weighted by molar-refractivity contribution is 4.97. The molecule has 1 heterocycles. The number of alkyl halides is 3. The van der Waals surface area contributed by atoms with Gasteiger partial charge in [0.2, 0.25) is 0 Å². The van der Waals surface area contributed by atoms with Crippen LogP contribution >= 0.6 is 0 Å². The van der Waals surface area contributed by atoms with Crippen LogP contribution in [0.5, 0.6) is 0 Å². The van der Waals surface area contributed by atoms with Crippen molar-refractivity contribution < 1.29 is 13.2 Å². The molecular weight excluding hydrogens is 181 g/mol. The second-order valence-corrected chi connectivity index (χ2v) is 3.80. The lowest BCUT2D eigenvalue weighted by molar-refractivity contribution is -0.188. The smallest absolute Gasteiger partial charge is 0.300 e. The molecule has 2 aliphatic rings. The molecule has 1 saturated heterocycles. The fourth-order valence-electron chi connectivity index (χ4n) is 2.39. The van der Waals surface area contributed by atoms with Crippen molar-refractivity contribution in [2.45, 2.75) is 37.5 Å². The Balaban J connectivity index is 2.10. The molecule has 2 fully saturated rings. The van der Waals surface area contributed by atoms with Gasteiger partial charge in [-0.25, -0.2) is 0 Å². The van der Waals surface area contributed by atoms with Crippen molar-refractivity contribution in [1.29, 1.82) is 0 Å². The Bertz CT molecular complexity index is 192. The van der Waals surface area contributed by atoms with Crippen LogP contribution in [0.15, 0.2) is 0 Å². The fourth-order valence-corrected chi connectivity index (χ4v) is 2.39. The maximum Gasteiger partial charge on any atom is 0.393 e. The highest BCUT2D eigenvalue weighted by atomic mass is 19.4. The van der Waals surface area contributed by atoms with Gasteiger partial charge in [0, 0.05) is 18.8 Å². The molecule has 3 atom stereocenters. The zero-order chi connectivity index (χ0) is 9.47. The number of nitrogens with one attached hydrogen (secondary N) is 2. The number of hydrogen-bond acceptors (Lipinski definition) is 2. The van der Waals surface area contributed by atoms with E-state index in [0.29, 0.717) is 13.1 Å². The zero-order valence-corrected chi connectivity index (χ0v) is 7.19. The molecule has 5 heteroatoms. The maximum atomic E-state index is 12.5. The van der Waals surface area contributed by atoms with E-state index >= 15 is 0 Å². The second kappa shape index (κ2) is 3.13. The van der Waals surface area contributed by atoms with Crippen LogP contribution in [-0.4, -0.2) is 24.9 Å². The molecule has 76 valence electrons. The van der Waals surface area contributed by atoms with Crippen molar-refractivity contribution in [1.82, 2.24) is 10.6 Å². The molecular formula is C8H13F3N2. The summed E-state index contributed by atoms with van der Waals surface area (Å²) in [6.07, 6.45) is -2.22. The van der Waals surface area contributed by atoms with E-state index in [1.807, 2.05) is 0 Å². The predicted octanol–water partition coefficient (Wildman–Crippen LogP) is 1.24. The number of fused-ring (bicyclic) bond motifs is 1. The van der Waals surface area contributed by atoms with Crippen molar-refractivity contribution >= 4 is 0 Å². The quantitative estimate of drug-likeness (QED) is 0.606. The van der Waals surface area contributed by atoms with E-state index in [1.165, 1.54) is 0 Å². The summed E-state index contributed by atoms with van der Waals surface area (Å²) < 4.78 is 37.5. The van der Waals surface area contributed by atoms with Crippen molar-refractivity contribution in [3.05, 3.63) is 0 Å². The lowest BCUT2D eigenvalue weighted by Crippen LogP contribution is -2.49. The highest BCUT2D eigenvalue weighted by Gasteiger charge is 2.49. The maximum absolute atomic E-state index is 12.5. The van der Waals surface area contributed by atoms with E-state index in [1.54, 1.807) is 0 Å². The topological polar surface area (TPSA) is 24.1 Å². The standard InChI is InChI=1S/C8H13F3N2/c9-8(10,11)5-2-1-3-6-7(5)13-4-12-6/h5-7,12-13H,1-4H2. The summed E-state index contributed by atoms with van der Waals surface area (Å²) in [5, 5.41) is 5.93. The minimum Gasteiger partial charge on any atom is -0.300 e. The molecule has 0 aromatic rings. The second-order valence-electron chi connectivity index (χ2n) is 3.80. The van der Waals surface area contributed by atoms with Gasteiger partial charge in [-0.2, -0.15) is 13.2 Å². The molecule has 0 aromatic heterocycles. The minimum absolute atomic E-state index is 0.0281. The van der Waals surface area contributed by atoms with E-state index < -0.39 is 18.1 Å². The van der Waals surface area contributed by atoms with Gasteiger partial charge in [-0.15, -0.1) is 0 Å². The van der Waals surface area contributed by atoms with Crippen LogP contribution in [0.25, 0.3) is 0 Å². The highest BCUT2D eigenvalue weighted by Crippen LogP contribution is 2.38. The van der Waals surface area contributed by atoms with E-state index in [0.717, 1.165) is 6.42 Å². The summed E-state index contributed by atoms with van der Waals surface area (Å²) in [4.78, 5) is 0. The van der Waals surface area contributed by atoms with Gasteiger partial charge in [0.1, 0.15) is 0 Å². The normalized spacial score (nSPS) is 40.4. The molecule has 0 radical (unpaired) electrons. The predicted molar refractivity (Wildman–Crippen MR) is 42.1 cm³/mol. The van der Waals surface area contributed by atoms with Crippen LogP contribution < -0.4 is 10.6 Å². The summed E-state index contributed by atoms with van der Waals surface area (Å²) in [6.45, 7) is 0.516. The average Bonchev–Trinajstić information content (AvgIpc) is 2.48. The Hall–Kier alpha value is -0.290. The molecule has 1 saturated carbocycles. The van der Waals surface area contributed by atoms with Gasteiger partial charge >= 0.3 is 6.18 Å². The molecule has 3 unspecified atom stereocenters. The Labute approximate surface area is 74.9 Å². The SMILES string of the molecule is FC(F)(F)C1CCCC2NCNC21. The minimum atomic E-state index is -4.04. The van der Waals surface area contributed by atoms with Gasteiger partial charge in [-0.05, 0) is 12.8 Å². The molecule has 2 nitrogen and oxygen atoms in total. The molecule has 2 N–H and O–H groups in total. The van der Waals surface area contributed by atoms with Crippen molar-refractivity contribution in [3.63, 3.8) is 0 Å². The van der Waals surface area contributed by atoms with Crippen LogP contribution in [0.2, 0.25) is 0 Å². The van der Waals surface area contributed by atoms with E-state index in [-0.39, 0.29) is 12.5 Å². The molecule has 2 rings (SSSR count). The van der Waals surface area contributed by atoms with Crippen LogP contribution in [0, 0.1) is 5.92 Å². The van der Waals surface area contributed by atoms with Gasteiger partial charge in [0.25, 0.3) is 0 Å². The zero-order valence-electron chi connectivity index (χ0n) is 7.19. The molecule has 1 aliphatic carbocycles. The largest absolute Gasteiger partial charge is 0.393 e. The molecule has 1 aliphatic heterocycles. The number of halogens is 3. The third kappa shape index (κ3) is 1.67. The summed E-state index contributed by atoms with van der Waals surface area (Å²) in [5.41, 5.74) is 0. The van der Waals surface area contributed by atoms with Gasteiger partial charge < -0.3 is 5.32 Å². The summed E-state index contributed by atoms with van der Waals surface area (Å²) in [5.74, 6) is -1.15. The first-order chi connectivity index (χ1) is 6.09. The number of hydrogen-bond donors (Lipinski definition) is 2. The molecule has 13 heavy (non-hydrogen) atoms. The third-order valence-corrected chi connectivity index (χ3v) is 3.02. The summed E-state index contributed by atoms with van der Waals surface area (Å²) >= 11 is 0. The van der Waals surface area contributed by atoms with E-state index in [9.17, 15) is 13.2 Å². The first-order valence-electron chi connectivity index (χ1n) is 4.62. The monoisotopic (exact) mass is 194 g/mol. The Morgan fingerprint density at radius 2 is 1.85 bits per heavy atom. The van der Waals surface area contributed by atoms with Crippen LogP contribution in [-0.2, 0) is 0 Å². The lowest BCUT2D eigenvalue weighted by atomic mass is 9.81. The first kappa shape index (κ1) is 9.27. The molecule has 0 aromatic carbocycles. The first-order valence-corrected chi connectivity index (χ1v) is 4.62. The van der Waals surface area contributed by atoms with Gasteiger partial charge in [0.05, 0.1) is 5.92 Å². The van der Waals surface area contributed by atoms with Crippen LogP contribution in [0.1, 0.15) is 19.3 Å². The molecule has 0 spiro atoms. The van der Waals surface area contributed by atoms with E-state index in [2.05, 4.69) is 10.6 Å². The third-order valence-electron chi connectivity index (χ3n) is 3.02. The number of rotatable bonds is 0. The fraction of sp³-hybridized carbons (Fsp3) is 1.00. The Morgan fingerprint density at radius 1 is 1.08 bits per heavy atom. The summed E-state index contributed by atoms with van der Waals surface area (Å²) in [6, 6.07) is -0.367. The lowest BCUT2D eigenvalue weighted by Gasteiger charge is -2.34. The summed E-state index contributed by atoms with van der Waals surface area (Å²) in [7, 11) is 0.